The fourth-order valence-electron chi connectivity index (χ4n) is 1.86. The predicted octanol–water partition coefficient (Wildman–Crippen LogP) is -0.895. The maximum Gasteiger partial charge on any atom is 0.242 e. The minimum Gasteiger partial charge on any atom is -0.350 e. The minimum absolute atomic E-state index is 0.103. The molecule has 19 heavy (non-hydrogen) atoms. The molecule has 1 atom stereocenters. The monoisotopic (exact) mass is 266 g/mol. The zero-order chi connectivity index (χ0) is 13.7. The lowest BCUT2D eigenvalue weighted by molar-refractivity contribution is -0.122. The van der Waals surface area contributed by atoms with E-state index in [0.717, 1.165) is 19.5 Å². The molecule has 2 amide bonds. The Hall–Kier alpha value is -1.96. The van der Waals surface area contributed by atoms with Crippen molar-refractivity contribution >= 4 is 17.6 Å². The topological polar surface area (TPSA) is 101 Å². The van der Waals surface area contributed by atoms with Crippen LogP contribution in [0.1, 0.15) is 19.8 Å². The molecule has 1 aromatic rings. The Labute approximate surface area is 110 Å². The van der Waals surface area contributed by atoms with Gasteiger partial charge in [-0.25, -0.2) is 4.68 Å². The quantitative estimate of drug-likeness (QED) is 0.641. The summed E-state index contributed by atoms with van der Waals surface area (Å²) in [6.45, 7) is 3.59. The number of nitrogens with zero attached hydrogens (tertiary/aromatic N) is 3. The van der Waals surface area contributed by atoms with Gasteiger partial charge in [0.2, 0.25) is 11.8 Å². The van der Waals surface area contributed by atoms with E-state index in [0.29, 0.717) is 12.2 Å². The third kappa shape index (κ3) is 4.02. The number of hydrogen-bond donors (Lipinski definition) is 3. The first kappa shape index (κ1) is 13.5. The number of nitrogens with one attached hydrogen (secondary N) is 3. The van der Waals surface area contributed by atoms with Gasteiger partial charge in [-0.1, -0.05) is 12.1 Å². The van der Waals surface area contributed by atoms with Gasteiger partial charge in [0.1, 0.15) is 6.54 Å². The smallest absolute Gasteiger partial charge is 0.242 e. The summed E-state index contributed by atoms with van der Waals surface area (Å²) in [7, 11) is 0. The van der Waals surface area contributed by atoms with Crippen molar-refractivity contribution in [3.05, 3.63) is 6.20 Å². The molecule has 8 heteroatoms. The molecule has 0 bridgehead atoms. The average molecular weight is 266 g/mol. The van der Waals surface area contributed by atoms with E-state index in [1.807, 2.05) is 0 Å². The maximum atomic E-state index is 11.7. The van der Waals surface area contributed by atoms with Crippen molar-refractivity contribution in [3.8, 4) is 0 Å². The van der Waals surface area contributed by atoms with Gasteiger partial charge in [0.15, 0.2) is 5.82 Å². The van der Waals surface area contributed by atoms with Gasteiger partial charge >= 0.3 is 0 Å². The van der Waals surface area contributed by atoms with Gasteiger partial charge in [-0.2, -0.15) is 0 Å². The van der Waals surface area contributed by atoms with Crippen LogP contribution in [0.4, 0.5) is 5.82 Å². The van der Waals surface area contributed by atoms with Gasteiger partial charge in [-0.3, -0.25) is 9.59 Å². The van der Waals surface area contributed by atoms with Crippen LogP contribution in [0.3, 0.4) is 0 Å². The number of carbonyl (C=O) groups excluding carboxylic acids is 2. The first-order chi connectivity index (χ1) is 9.17. The molecule has 1 aliphatic rings. The second-order valence-corrected chi connectivity index (χ2v) is 4.46. The van der Waals surface area contributed by atoms with E-state index in [2.05, 4.69) is 26.3 Å². The summed E-state index contributed by atoms with van der Waals surface area (Å²) in [6.07, 6.45) is 2.86. The molecule has 1 fully saturated rings. The van der Waals surface area contributed by atoms with E-state index >= 15 is 0 Å². The van der Waals surface area contributed by atoms with E-state index in [9.17, 15) is 9.59 Å². The second-order valence-electron chi connectivity index (χ2n) is 4.46. The van der Waals surface area contributed by atoms with Crippen molar-refractivity contribution in [1.82, 2.24) is 25.6 Å². The van der Waals surface area contributed by atoms with Crippen LogP contribution in [-0.4, -0.2) is 45.9 Å². The van der Waals surface area contributed by atoms with Gasteiger partial charge in [0.05, 0.1) is 6.20 Å². The Balaban J connectivity index is 1.81. The fraction of sp³-hybridized carbons (Fsp3) is 0.636. The maximum absolute atomic E-state index is 11.7. The second kappa shape index (κ2) is 6.28. The van der Waals surface area contributed by atoms with Crippen LogP contribution in [0.5, 0.6) is 0 Å². The summed E-state index contributed by atoms with van der Waals surface area (Å²) in [5.41, 5.74) is 0. The molecule has 0 radical (unpaired) electrons. The van der Waals surface area contributed by atoms with Crippen LogP contribution in [0.15, 0.2) is 6.20 Å². The first-order valence-corrected chi connectivity index (χ1v) is 6.37. The predicted molar refractivity (Wildman–Crippen MR) is 68.4 cm³/mol. The molecule has 0 saturated carbocycles. The molecular formula is C11H18N6O2. The summed E-state index contributed by atoms with van der Waals surface area (Å²) in [5.74, 6) is 0.127. The lowest BCUT2D eigenvalue weighted by atomic mass is 10.2. The van der Waals surface area contributed by atoms with Gasteiger partial charge in [0, 0.05) is 19.0 Å². The Kier molecular flexibility index (Phi) is 4.45. The summed E-state index contributed by atoms with van der Waals surface area (Å²) >= 11 is 0. The van der Waals surface area contributed by atoms with Crippen molar-refractivity contribution in [2.24, 2.45) is 0 Å². The van der Waals surface area contributed by atoms with Crippen LogP contribution in [0, 0.1) is 0 Å². The van der Waals surface area contributed by atoms with Gasteiger partial charge in [-0.15, -0.1) is 5.10 Å². The van der Waals surface area contributed by atoms with Crippen molar-refractivity contribution in [1.29, 1.82) is 0 Å². The van der Waals surface area contributed by atoms with Crippen LogP contribution in [0.2, 0.25) is 0 Å². The van der Waals surface area contributed by atoms with E-state index < -0.39 is 0 Å². The molecule has 0 aliphatic carbocycles. The molecule has 0 spiro atoms. The largest absolute Gasteiger partial charge is 0.350 e. The van der Waals surface area contributed by atoms with Crippen molar-refractivity contribution in [2.45, 2.75) is 32.4 Å². The van der Waals surface area contributed by atoms with Crippen molar-refractivity contribution in [2.75, 3.05) is 18.4 Å². The van der Waals surface area contributed by atoms with Crippen LogP contribution >= 0.6 is 0 Å². The Morgan fingerprint density at radius 1 is 1.53 bits per heavy atom. The molecule has 1 saturated heterocycles. The number of carbonyl (C=O) groups is 2. The molecule has 2 heterocycles. The summed E-state index contributed by atoms with van der Waals surface area (Å²) in [6, 6.07) is 0.190. The Morgan fingerprint density at radius 2 is 2.37 bits per heavy atom. The average Bonchev–Trinajstić information content (AvgIpc) is 3.01. The van der Waals surface area contributed by atoms with E-state index in [4.69, 9.17) is 0 Å². The third-order valence-electron chi connectivity index (χ3n) is 2.86. The highest BCUT2D eigenvalue weighted by Crippen LogP contribution is 2.01. The molecule has 104 valence electrons. The lowest BCUT2D eigenvalue weighted by Gasteiger charge is -2.10. The summed E-state index contributed by atoms with van der Waals surface area (Å²) in [4.78, 5) is 22.9. The number of hydrogen-bond acceptors (Lipinski definition) is 5. The van der Waals surface area contributed by atoms with E-state index in [1.165, 1.54) is 4.68 Å². The van der Waals surface area contributed by atoms with E-state index in [-0.39, 0.29) is 24.4 Å². The highest BCUT2D eigenvalue weighted by molar-refractivity contribution is 5.89. The SMILES string of the molecule is CCC(=O)Nc1cn(CC(=O)NC2CCNC2)nn1. The van der Waals surface area contributed by atoms with Gasteiger partial charge in [-0.05, 0) is 13.0 Å². The van der Waals surface area contributed by atoms with Crippen LogP contribution < -0.4 is 16.0 Å². The molecule has 2 rings (SSSR count). The van der Waals surface area contributed by atoms with Crippen molar-refractivity contribution < 1.29 is 9.59 Å². The summed E-state index contributed by atoms with van der Waals surface area (Å²) in [5, 5.41) is 16.2. The molecule has 1 unspecified atom stereocenters. The van der Waals surface area contributed by atoms with Gasteiger partial charge in [0.25, 0.3) is 0 Å². The molecular weight excluding hydrogens is 248 g/mol. The fourth-order valence-corrected chi connectivity index (χ4v) is 1.86. The molecule has 0 aromatic carbocycles. The molecule has 3 N–H and O–H groups in total. The number of anilines is 1. The van der Waals surface area contributed by atoms with Crippen LogP contribution in [-0.2, 0) is 16.1 Å². The highest BCUT2D eigenvalue weighted by atomic mass is 16.2. The number of rotatable bonds is 5. The Morgan fingerprint density at radius 3 is 3.05 bits per heavy atom. The molecule has 1 aromatic heterocycles. The number of amides is 2. The van der Waals surface area contributed by atoms with E-state index in [1.54, 1.807) is 13.1 Å². The minimum atomic E-state index is -0.131. The summed E-state index contributed by atoms with van der Waals surface area (Å²) < 4.78 is 1.41. The molecule has 1 aliphatic heterocycles. The normalized spacial score (nSPS) is 18.3. The molecule has 8 nitrogen and oxygen atoms in total. The number of aromatic nitrogens is 3. The van der Waals surface area contributed by atoms with Crippen molar-refractivity contribution in [3.63, 3.8) is 0 Å². The van der Waals surface area contributed by atoms with Gasteiger partial charge < -0.3 is 16.0 Å². The highest BCUT2D eigenvalue weighted by Gasteiger charge is 2.17. The van der Waals surface area contributed by atoms with Crippen LogP contribution in [0.25, 0.3) is 0 Å². The lowest BCUT2D eigenvalue weighted by Crippen LogP contribution is -2.38. The third-order valence-corrected chi connectivity index (χ3v) is 2.86. The first-order valence-electron chi connectivity index (χ1n) is 6.37. The Bertz CT molecular complexity index is 452. The standard InChI is InChI=1S/C11H18N6O2/c1-2-10(18)14-9-6-17(16-15-9)7-11(19)13-8-3-4-12-5-8/h6,8,12H,2-5,7H2,1H3,(H,13,19)(H,14,18). The zero-order valence-corrected chi connectivity index (χ0v) is 10.8. The zero-order valence-electron chi connectivity index (χ0n) is 10.8.